The van der Waals surface area contributed by atoms with Crippen LogP contribution in [0.1, 0.15) is 15.9 Å². The van der Waals surface area contributed by atoms with Crippen LogP contribution in [0.2, 0.25) is 0 Å². The first-order chi connectivity index (χ1) is 8.61. The SMILES string of the molecule is COc1ccc(F)cc1C(=O)c1ccc(O)cc1. The maximum Gasteiger partial charge on any atom is 0.196 e. The van der Waals surface area contributed by atoms with Crippen molar-refractivity contribution in [3.05, 3.63) is 59.4 Å². The predicted octanol–water partition coefficient (Wildman–Crippen LogP) is 2.77. The molecule has 0 saturated heterocycles. The molecule has 0 heterocycles. The van der Waals surface area contributed by atoms with E-state index < -0.39 is 5.82 Å². The van der Waals surface area contributed by atoms with Crippen LogP contribution in [-0.4, -0.2) is 18.0 Å². The summed E-state index contributed by atoms with van der Waals surface area (Å²) in [4.78, 5) is 12.2. The topological polar surface area (TPSA) is 46.5 Å². The monoisotopic (exact) mass is 246 g/mol. The molecule has 0 radical (unpaired) electrons. The van der Waals surface area contributed by atoms with Crippen LogP contribution in [-0.2, 0) is 0 Å². The molecule has 0 aliphatic carbocycles. The zero-order chi connectivity index (χ0) is 13.1. The largest absolute Gasteiger partial charge is 0.508 e. The Morgan fingerprint density at radius 3 is 2.44 bits per heavy atom. The first-order valence-electron chi connectivity index (χ1n) is 5.29. The van der Waals surface area contributed by atoms with Gasteiger partial charge in [0.1, 0.15) is 17.3 Å². The number of ether oxygens (including phenoxy) is 1. The van der Waals surface area contributed by atoms with Crippen molar-refractivity contribution in [2.24, 2.45) is 0 Å². The molecule has 2 aromatic carbocycles. The molecule has 18 heavy (non-hydrogen) atoms. The van der Waals surface area contributed by atoms with Crippen LogP contribution in [0.25, 0.3) is 0 Å². The van der Waals surface area contributed by atoms with Gasteiger partial charge in [-0.2, -0.15) is 0 Å². The Labute approximate surface area is 103 Å². The van der Waals surface area contributed by atoms with Crippen molar-refractivity contribution < 1.29 is 19.0 Å². The van der Waals surface area contributed by atoms with E-state index in [1.807, 2.05) is 0 Å². The third-order valence-corrected chi connectivity index (χ3v) is 2.54. The van der Waals surface area contributed by atoms with Gasteiger partial charge < -0.3 is 9.84 Å². The van der Waals surface area contributed by atoms with E-state index >= 15 is 0 Å². The molecule has 0 atom stereocenters. The Balaban J connectivity index is 2.45. The number of hydrogen-bond donors (Lipinski definition) is 1. The minimum absolute atomic E-state index is 0.0674. The summed E-state index contributed by atoms with van der Waals surface area (Å²) >= 11 is 0. The molecule has 2 rings (SSSR count). The summed E-state index contributed by atoms with van der Waals surface area (Å²) in [7, 11) is 1.42. The number of hydrogen-bond acceptors (Lipinski definition) is 3. The van der Waals surface area contributed by atoms with Crippen LogP contribution in [0.5, 0.6) is 11.5 Å². The van der Waals surface area contributed by atoms with E-state index in [0.29, 0.717) is 11.3 Å². The highest BCUT2D eigenvalue weighted by Gasteiger charge is 2.15. The molecule has 92 valence electrons. The molecule has 0 amide bonds. The highest BCUT2D eigenvalue weighted by Crippen LogP contribution is 2.23. The Kier molecular flexibility index (Phi) is 3.28. The molecule has 4 heteroatoms. The van der Waals surface area contributed by atoms with E-state index in [9.17, 15) is 9.18 Å². The zero-order valence-corrected chi connectivity index (χ0v) is 9.68. The fourth-order valence-corrected chi connectivity index (χ4v) is 1.63. The maximum atomic E-state index is 13.2. The standard InChI is InChI=1S/C14H11FO3/c1-18-13-7-4-10(15)8-12(13)14(17)9-2-5-11(16)6-3-9/h2-8,16H,1H3. The summed E-state index contributed by atoms with van der Waals surface area (Å²) in [6.45, 7) is 0. The lowest BCUT2D eigenvalue weighted by Crippen LogP contribution is -2.04. The first kappa shape index (κ1) is 12.1. The van der Waals surface area contributed by atoms with Crippen LogP contribution in [0.15, 0.2) is 42.5 Å². The van der Waals surface area contributed by atoms with E-state index in [0.717, 1.165) is 6.07 Å². The Hall–Kier alpha value is -2.36. The second kappa shape index (κ2) is 4.87. The van der Waals surface area contributed by atoms with Crippen molar-refractivity contribution in [2.75, 3.05) is 7.11 Å². The summed E-state index contributed by atoms with van der Waals surface area (Å²) in [5.74, 6) is -0.475. The molecule has 0 aromatic heterocycles. The second-order valence-corrected chi connectivity index (χ2v) is 3.72. The zero-order valence-electron chi connectivity index (χ0n) is 9.68. The van der Waals surface area contributed by atoms with Gasteiger partial charge in [0.05, 0.1) is 12.7 Å². The van der Waals surface area contributed by atoms with Crippen molar-refractivity contribution in [3.63, 3.8) is 0 Å². The average Bonchev–Trinajstić information content (AvgIpc) is 2.39. The van der Waals surface area contributed by atoms with Crippen molar-refractivity contribution >= 4 is 5.78 Å². The number of aromatic hydroxyl groups is 1. The number of phenols is 1. The van der Waals surface area contributed by atoms with E-state index in [1.165, 1.54) is 43.5 Å². The highest BCUT2D eigenvalue weighted by molar-refractivity contribution is 6.10. The number of phenolic OH excluding ortho intramolecular Hbond substituents is 1. The Morgan fingerprint density at radius 1 is 1.17 bits per heavy atom. The molecule has 1 N–H and O–H groups in total. The molecule has 0 bridgehead atoms. The number of methoxy groups -OCH3 is 1. The summed E-state index contributed by atoms with van der Waals surface area (Å²) in [6, 6.07) is 9.52. The molecule has 0 saturated carbocycles. The molecule has 0 fully saturated rings. The third kappa shape index (κ3) is 2.32. The van der Waals surface area contributed by atoms with Gasteiger partial charge in [0.25, 0.3) is 0 Å². The fourth-order valence-electron chi connectivity index (χ4n) is 1.63. The van der Waals surface area contributed by atoms with E-state index in [1.54, 1.807) is 0 Å². The minimum atomic E-state index is -0.502. The fraction of sp³-hybridized carbons (Fsp3) is 0.0714. The molecule has 3 nitrogen and oxygen atoms in total. The van der Waals surface area contributed by atoms with Gasteiger partial charge in [-0.15, -0.1) is 0 Å². The molecular formula is C14H11FO3. The predicted molar refractivity (Wildman–Crippen MR) is 64.5 cm³/mol. The minimum Gasteiger partial charge on any atom is -0.508 e. The van der Waals surface area contributed by atoms with Crippen molar-refractivity contribution in [1.82, 2.24) is 0 Å². The Morgan fingerprint density at radius 2 is 1.83 bits per heavy atom. The van der Waals surface area contributed by atoms with E-state index in [4.69, 9.17) is 9.84 Å². The number of carbonyl (C=O) groups is 1. The van der Waals surface area contributed by atoms with Gasteiger partial charge in [-0.3, -0.25) is 4.79 Å². The summed E-state index contributed by atoms with van der Waals surface area (Å²) in [5, 5.41) is 9.16. The normalized spacial score (nSPS) is 10.1. The number of halogens is 1. The maximum absolute atomic E-state index is 13.2. The molecular weight excluding hydrogens is 235 g/mol. The van der Waals surface area contributed by atoms with Crippen molar-refractivity contribution in [3.8, 4) is 11.5 Å². The quantitative estimate of drug-likeness (QED) is 0.847. The number of rotatable bonds is 3. The van der Waals surface area contributed by atoms with Gasteiger partial charge >= 0.3 is 0 Å². The van der Waals surface area contributed by atoms with Gasteiger partial charge in [0.2, 0.25) is 0 Å². The lowest BCUT2D eigenvalue weighted by atomic mass is 10.0. The van der Waals surface area contributed by atoms with Crippen LogP contribution in [0.3, 0.4) is 0 Å². The number of carbonyl (C=O) groups excluding carboxylic acids is 1. The second-order valence-electron chi connectivity index (χ2n) is 3.72. The van der Waals surface area contributed by atoms with Gasteiger partial charge in [0.15, 0.2) is 5.78 Å². The van der Waals surface area contributed by atoms with Gasteiger partial charge in [-0.25, -0.2) is 4.39 Å². The first-order valence-corrected chi connectivity index (χ1v) is 5.29. The molecule has 0 unspecified atom stereocenters. The smallest absolute Gasteiger partial charge is 0.196 e. The summed E-state index contributed by atoms with van der Waals surface area (Å²) in [6.07, 6.45) is 0. The van der Waals surface area contributed by atoms with Crippen LogP contribution < -0.4 is 4.74 Å². The van der Waals surface area contributed by atoms with Crippen LogP contribution in [0.4, 0.5) is 4.39 Å². The van der Waals surface area contributed by atoms with E-state index in [-0.39, 0.29) is 17.1 Å². The summed E-state index contributed by atoms with van der Waals surface area (Å²) < 4.78 is 18.2. The lowest BCUT2D eigenvalue weighted by Gasteiger charge is -2.07. The highest BCUT2D eigenvalue weighted by atomic mass is 19.1. The van der Waals surface area contributed by atoms with E-state index in [2.05, 4.69) is 0 Å². The van der Waals surface area contributed by atoms with Gasteiger partial charge in [-0.1, -0.05) is 0 Å². The summed E-state index contributed by atoms with van der Waals surface area (Å²) in [5.41, 5.74) is 0.514. The molecule has 0 spiro atoms. The molecule has 2 aromatic rings. The van der Waals surface area contributed by atoms with Gasteiger partial charge in [0, 0.05) is 5.56 Å². The van der Waals surface area contributed by atoms with Gasteiger partial charge in [-0.05, 0) is 42.5 Å². The number of ketones is 1. The Bertz CT molecular complexity index is 576. The van der Waals surface area contributed by atoms with Crippen LogP contribution >= 0.6 is 0 Å². The van der Waals surface area contributed by atoms with Crippen molar-refractivity contribution in [2.45, 2.75) is 0 Å². The average molecular weight is 246 g/mol. The van der Waals surface area contributed by atoms with Crippen molar-refractivity contribution in [1.29, 1.82) is 0 Å². The molecule has 0 aliphatic heterocycles. The lowest BCUT2D eigenvalue weighted by molar-refractivity contribution is 0.103. The van der Waals surface area contributed by atoms with Crippen LogP contribution in [0, 0.1) is 5.82 Å². The number of benzene rings is 2. The third-order valence-electron chi connectivity index (χ3n) is 2.54. The molecule has 0 aliphatic rings.